The molecule has 2 N–H and O–H groups in total. The van der Waals surface area contributed by atoms with Gasteiger partial charge in [-0.15, -0.1) is 0 Å². The maximum atomic E-state index is 12.0. The number of hydrogen-bond donors (Lipinski definition) is 2. The zero-order valence-electron chi connectivity index (χ0n) is 10.9. The lowest BCUT2D eigenvalue weighted by molar-refractivity contribution is 0.0939. The molecule has 0 bridgehead atoms. The zero-order valence-corrected chi connectivity index (χ0v) is 10.9. The lowest BCUT2D eigenvalue weighted by Gasteiger charge is -2.12. The molecule has 1 unspecified atom stereocenters. The minimum Gasteiger partial charge on any atom is -0.365 e. The van der Waals surface area contributed by atoms with Crippen molar-refractivity contribution in [3.8, 4) is 0 Å². The summed E-state index contributed by atoms with van der Waals surface area (Å²) in [5.74, 6) is -0.0369. The molecule has 0 saturated heterocycles. The second-order valence-corrected chi connectivity index (χ2v) is 4.62. The van der Waals surface area contributed by atoms with Crippen LogP contribution in [-0.4, -0.2) is 26.7 Å². The highest BCUT2D eigenvalue weighted by molar-refractivity contribution is 5.95. The van der Waals surface area contributed by atoms with Crippen LogP contribution in [0.3, 0.4) is 0 Å². The van der Waals surface area contributed by atoms with Gasteiger partial charge in [-0.05, 0) is 31.9 Å². The molecule has 2 heterocycles. The maximum Gasteiger partial charge on any atom is 0.253 e. The number of amides is 1. The Kier molecular flexibility index (Phi) is 3.50. The molecule has 0 spiro atoms. The Balaban J connectivity index is 1.93. The second kappa shape index (κ2) is 5.08. The van der Waals surface area contributed by atoms with Crippen molar-refractivity contribution in [1.29, 1.82) is 0 Å². The molecule has 5 heteroatoms. The summed E-state index contributed by atoms with van der Waals surface area (Å²) < 4.78 is 1.76. The molecular weight excluding hydrogens is 228 g/mol. The monoisotopic (exact) mass is 246 g/mol. The number of hydrogen-bond acceptors (Lipinski definition) is 2. The van der Waals surface area contributed by atoms with E-state index in [4.69, 9.17) is 0 Å². The van der Waals surface area contributed by atoms with Crippen LogP contribution in [0, 0.1) is 6.92 Å². The van der Waals surface area contributed by atoms with Gasteiger partial charge in [-0.3, -0.25) is 9.48 Å². The third-order valence-electron chi connectivity index (χ3n) is 2.88. The van der Waals surface area contributed by atoms with Crippen molar-refractivity contribution in [3.05, 3.63) is 41.5 Å². The lowest BCUT2D eigenvalue weighted by atomic mass is 10.1. The summed E-state index contributed by atoms with van der Waals surface area (Å²) in [6.07, 6.45) is 6.34. The molecule has 2 aromatic rings. The summed E-state index contributed by atoms with van der Waals surface area (Å²) in [7, 11) is 1.88. The topological polar surface area (TPSA) is 62.7 Å². The largest absolute Gasteiger partial charge is 0.365 e. The maximum absolute atomic E-state index is 12.0. The van der Waals surface area contributed by atoms with Crippen LogP contribution in [0.1, 0.15) is 28.5 Å². The Labute approximate surface area is 106 Å². The summed E-state index contributed by atoms with van der Waals surface area (Å²) in [6, 6.07) is 1.87. The molecule has 5 nitrogen and oxygen atoms in total. The van der Waals surface area contributed by atoms with Crippen molar-refractivity contribution in [2.24, 2.45) is 7.05 Å². The first kappa shape index (κ1) is 12.4. The van der Waals surface area contributed by atoms with Crippen LogP contribution >= 0.6 is 0 Å². The number of carbonyl (C=O) groups excluding carboxylic acids is 1. The molecule has 0 aliphatic heterocycles. The van der Waals surface area contributed by atoms with Crippen LogP contribution in [0.15, 0.2) is 24.7 Å². The Bertz CT molecular complexity index is 541. The van der Waals surface area contributed by atoms with Crippen LogP contribution in [0.5, 0.6) is 0 Å². The van der Waals surface area contributed by atoms with Gasteiger partial charge in [0.05, 0.1) is 11.8 Å². The van der Waals surface area contributed by atoms with Crippen molar-refractivity contribution in [2.45, 2.75) is 26.3 Å². The normalized spacial score (nSPS) is 12.4. The molecular formula is C13H18N4O. The van der Waals surface area contributed by atoms with E-state index in [2.05, 4.69) is 15.4 Å². The molecule has 1 atom stereocenters. The van der Waals surface area contributed by atoms with E-state index in [0.717, 1.165) is 17.7 Å². The van der Waals surface area contributed by atoms with Crippen molar-refractivity contribution in [1.82, 2.24) is 20.1 Å². The van der Waals surface area contributed by atoms with Gasteiger partial charge in [-0.2, -0.15) is 5.10 Å². The smallest absolute Gasteiger partial charge is 0.253 e. The summed E-state index contributed by atoms with van der Waals surface area (Å²) in [4.78, 5) is 15.0. The summed E-state index contributed by atoms with van der Waals surface area (Å²) >= 11 is 0. The standard InChI is InChI=1S/C13H18N4O/c1-9(6-11-7-15-17(3)8-11)16-13(18)12-4-5-14-10(12)2/h4-5,7-9,14H,6H2,1-3H3,(H,16,18). The third-order valence-corrected chi connectivity index (χ3v) is 2.88. The van der Waals surface area contributed by atoms with Crippen molar-refractivity contribution in [3.63, 3.8) is 0 Å². The van der Waals surface area contributed by atoms with Crippen LogP contribution in [0.25, 0.3) is 0 Å². The number of nitrogens with one attached hydrogen (secondary N) is 2. The van der Waals surface area contributed by atoms with Crippen LogP contribution < -0.4 is 5.32 Å². The van der Waals surface area contributed by atoms with E-state index in [-0.39, 0.29) is 11.9 Å². The number of aryl methyl sites for hydroxylation is 2. The SMILES string of the molecule is Cc1[nH]ccc1C(=O)NC(C)Cc1cnn(C)c1. The molecule has 96 valence electrons. The Morgan fingerprint density at radius 3 is 2.94 bits per heavy atom. The fourth-order valence-corrected chi connectivity index (χ4v) is 1.98. The summed E-state index contributed by atoms with van der Waals surface area (Å²) in [5.41, 5.74) is 2.71. The van der Waals surface area contributed by atoms with E-state index in [9.17, 15) is 4.79 Å². The van der Waals surface area contributed by atoms with Gasteiger partial charge in [0.25, 0.3) is 5.91 Å². The van der Waals surface area contributed by atoms with E-state index >= 15 is 0 Å². The highest BCUT2D eigenvalue weighted by Gasteiger charge is 2.13. The second-order valence-electron chi connectivity index (χ2n) is 4.62. The Morgan fingerprint density at radius 2 is 2.39 bits per heavy atom. The minimum atomic E-state index is -0.0369. The lowest BCUT2D eigenvalue weighted by Crippen LogP contribution is -2.34. The van der Waals surface area contributed by atoms with Crippen LogP contribution in [-0.2, 0) is 13.5 Å². The Hall–Kier alpha value is -2.04. The number of H-pyrrole nitrogens is 1. The molecule has 0 aromatic carbocycles. The number of aromatic amines is 1. The molecule has 2 rings (SSSR count). The fraction of sp³-hybridized carbons (Fsp3) is 0.385. The average molecular weight is 246 g/mol. The first-order valence-corrected chi connectivity index (χ1v) is 5.98. The van der Waals surface area contributed by atoms with Gasteiger partial charge >= 0.3 is 0 Å². The van der Waals surface area contributed by atoms with E-state index in [1.165, 1.54) is 0 Å². The van der Waals surface area contributed by atoms with E-state index in [1.807, 2.05) is 33.3 Å². The molecule has 0 radical (unpaired) electrons. The molecule has 0 aliphatic rings. The van der Waals surface area contributed by atoms with E-state index in [1.54, 1.807) is 16.9 Å². The van der Waals surface area contributed by atoms with E-state index < -0.39 is 0 Å². The average Bonchev–Trinajstić information content (AvgIpc) is 2.87. The molecule has 0 aliphatic carbocycles. The van der Waals surface area contributed by atoms with Gasteiger partial charge in [-0.25, -0.2) is 0 Å². The van der Waals surface area contributed by atoms with E-state index in [0.29, 0.717) is 5.56 Å². The number of nitrogens with zero attached hydrogens (tertiary/aromatic N) is 2. The predicted octanol–water partition coefficient (Wildman–Crippen LogP) is 1.42. The van der Waals surface area contributed by atoms with Gasteiger partial charge in [0, 0.05) is 31.2 Å². The number of rotatable bonds is 4. The predicted molar refractivity (Wildman–Crippen MR) is 69.4 cm³/mol. The van der Waals surface area contributed by atoms with Gasteiger partial charge in [0.2, 0.25) is 0 Å². The highest BCUT2D eigenvalue weighted by Crippen LogP contribution is 2.06. The van der Waals surface area contributed by atoms with Gasteiger partial charge in [0.15, 0.2) is 0 Å². The van der Waals surface area contributed by atoms with Gasteiger partial charge in [-0.1, -0.05) is 0 Å². The van der Waals surface area contributed by atoms with Gasteiger partial charge in [0.1, 0.15) is 0 Å². The fourth-order valence-electron chi connectivity index (χ4n) is 1.98. The quantitative estimate of drug-likeness (QED) is 0.857. The first-order chi connectivity index (χ1) is 8.56. The summed E-state index contributed by atoms with van der Waals surface area (Å²) in [6.45, 7) is 3.88. The van der Waals surface area contributed by atoms with Crippen LogP contribution in [0.2, 0.25) is 0 Å². The molecule has 0 saturated carbocycles. The third kappa shape index (κ3) is 2.80. The number of carbonyl (C=O) groups is 1. The minimum absolute atomic E-state index is 0.0369. The van der Waals surface area contributed by atoms with Gasteiger partial charge < -0.3 is 10.3 Å². The Morgan fingerprint density at radius 1 is 1.61 bits per heavy atom. The van der Waals surface area contributed by atoms with Crippen molar-refractivity contribution < 1.29 is 4.79 Å². The molecule has 0 fully saturated rings. The van der Waals surface area contributed by atoms with Crippen molar-refractivity contribution in [2.75, 3.05) is 0 Å². The first-order valence-electron chi connectivity index (χ1n) is 5.98. The molecule has 1 amide bonds. The van der Waals surface area contributed by atoms with Crippen LogP contribution in [0.4, 0.5) is 0 Å². The molecule has 2 aromatic heterocycles. The summed E-state index contributed by atoms with van der Waals surface area (Å²) in [5, 5.41) is 7.10. The zero-order chi connectivity index (χ0) is 13.1. The highest BCUT2D eigenvalue weighted by atomic mass is 16.1. The number of aromatic nitrogens is 3. The van der Waals surface area contributed by atoms with Crippen molar-refractivity contribution >= 4 is 5.91 Å². The molecule has 18 heavy (non-hydrogen) atoms.